The predicted octanol–water partition coefficient (Wildman–Crippen LogP) is 4.44. The highest BCUT2D eigenvalue weighted by Crippen LogP contribution is 2.38. The predicted molar refractivity (Wildman–Crippen MR) is 102 cm³/mol. The van der Waals surface area contributed by atoms with Crippen molar-refractivity contribution in [2.45, 2.75) is 25.4 Å². The molecule has 0 radical (unpaired) electrons. The number of fused-ring (bicyclic) bond motifs is 1. The van der Waals surface area contributed by atoms with Crippen LogP contribution >= 0.6 is 0 Å². The van der Waals surface area contributed by atoms with Crippen molar-refractivity contribution in [2.75, 3.05) is 0 Å². The largest absolute Gasteiger partial charge is 0.489 e. The van der Waals surface area contributed by atoms with Crippen molar-refractivity contribution in [1.82, 2.24) is 0 Å². The molecule has 0 fully saturated rings. The van der Waals surface area contributed by atoms with Crippen molar-refractivity contribution in [1.29, 1.82) is 0 Å². The molecule has 0 aromatic heterocycles. The molecule has 1 aliphatic carbocycles. The molecule has 1 unspecified atom stereocenters. The zero-order chi connectivity index (χ0) is 17.9. The minimum absolute atomic E-state index is 0.324. The van der Waals surface area contributed by atoms with Gasteiger partial charge in [-0.25, -0.2) is 0 Å². The fourth-order valence-electron chi connectivity index (χ4n) is 3.75. The van der Waals surface area contributed by atoms with E-state index in [1.165, 1.54) is 16.7 Å². The summed E-state index contributed by atoms with van der Waals surface area (Å²) in [6.07, 6.45) is 2.30. The van der Waals surface area contributed by atoms with Gasteiger partial charge in [0, 0.05) is 17.0 Å². The van der Waals surface area contributed by atoms with E-state index in [0.717, 1.165) is 24.2 Å². The van der Waals surface area contributed by atoms with Crippen LogP contribution in [0, 0.1) is 0 Å². The van der Waals surface area contributed by atoms with Crippen LogP contribution in [0.5, 0.6) is 5.75 Å². The Labute approximate surface area is 153 Å². The van der Waals surface area contributed by atoms with Gasteiger partial charge in [-0.3, -0.25) is 4.79 Å². The Morgan fingerprint density at radius 2 is 1.69 bits per heavy atom. The van der Waals surface area contributed by atoms with E-state index in [-0.39, 0.29) is 0 Å². The third kappa shape index (κ3) is 3.21. The second-order valence-corrected chi connectivity index (χ2v) is 6.67. The fourth-order valence-corrected chi connectivity index (χ4v) is 3.75. The Morgan fingerprint density at radius 3 is 2.50 bits per heavy atom. The molecule has 130 valence electrons. The summed E-state index contributed by atoms with van der Waals surface area (Å²) in [5, 5.41) is 0. The standard InChI is InChI=1S/C23H21NO2/c24-23(25)22-8-4-2-6-18(22)15-26-19-12-9-17(10-13-19)21-14-11-16-5-1-3-7-20(16)21/h1-10,12-13,21H,11,14-15H2,(H2,24,25). The van der Waals surface area contributed by atoms with E-state index < -0.39 is 5.91 Å². The topological polar surface area (TPSA) is 52.3 Å². The van der Waals surface area contributed by atoms with Gasteiger partial charge in [-0.15, -0.1) is 0 Å². The third-order valence-electron chi connectivity index (χ3n) is 5.09. The number of carbonyl (C=O) groups is 1. The maximum Gasteiger partial charge on any atom is 0.249 e. The highest BCUT2D eigenvalue weighted by atomic mass is 16.5. The van der Waals surface area contributed by atoms with Crippen LogP contribution in [-0.2, 0) is 13.0 Å². The maximum atomic E-state index is 11.5. The van der Waals surface area contributed by atoms with Crippen LogP contribution in [0.25, 0.3) is 0 Å². The van der Waals surface area contributed by atoms with E-state index in [4.69, 9.17) is 10.5 Å². The van der Waals surface area contributed by atoms with Gasteiger partial charge in [0.05, 0.1) is 0 Å². The van der Waals surface area contributed by atoms with Gasteiger partial charge in [0.1, 0.15) is 12.4 Å². The molecule has 1 amide bonds. The average Bonchev–Trinajstić information content (AvgIpc) is 3.11. The quantitative estimate of drug-likeness (QED) is 0.744. The van der Waals surface area contributed by atoms with E-state index in [9.17, 15) is 4.79 Å². The summed E-state index contributed by atoms with van der Waals surface area (Å²) in [7, 11) is 0. The van der Waals surface area contributed by atoms with Crippen molar-refractivity contribution in [3.63, 3.8) is 0 Å². The number of ether oxygens (including phenoxy) is 1. The van der Waals surface area contributed by atoms with E-state index in [0.29, 0.717) is 18.1 Å². The molecule has 4 rings (SSSR count). The van der Waals surface area contributed by atoms with Crippen molar-refractivity contribution >= 4 is 5.91 Å². The Bertz CT molecular complexity index is 931. The minimum Gasteiger partial charge on any atom is -0.489 e. The number of carbonyl (C=O) groups excluding carboxylic acids is 1. The number of amides is 1. The molecule has 3 aromatic carbocycles. The van der Waals surface area contributed by atoms with Gasteiger partial charge >= 0.3 is 0 Å². The van der Waals surface area contributed by atoms with E-state index >= 15 is 0 Å². The van der Waals surface area contributed by atoms with Crippen LogP contribution in [0.3, 0.4) is 0 Å². The van der Waals surface area contributed by atoms with Gasteiger partial charge in [0.25, 0.3) is 0 Å². The van der Waals surface area contributed by atoms with Crippen LogP contribution in [0.4, 0.5) is 0 Å². The molecule has 3 aromatic rings. The van der Waals surface area contributed by atoms with Gasteiger partial charge in [0.15, 0.2) is 0 Å². The summed E-state index contributed by atoms with van der Waals surface area (Å²) in [5.74, 6) is 0.828. The average molecular weight is 343 g/mol. The van der Waals surface area contributed by atoms with Gasteiger partial charge < -0.3 is 10.5 Å². The lowest BCUT2D eigenvalue weighted by Gasteiger charge is -2.14. The van der Waals surface area contributed by atoms with Crippen molar-refractivity contribution in [3.05, 3.63) is 101 Å². The number of primary amides is 1. The summed E-state index contributed by atoms with van der Waals surface area (Å²) >= 11 is 0. The number of hydrogen-bond donors (Lipinski definition) is 1. The van der Waals surface area contributed by atoms with Crippen molar-refractivity contribution in [3.8, 4) is 5.75 Å². The lowest BCUT2D eigenvalue weighted by Crippen LogP contribution is -2.14. The van der Waals surface area contributed by atoms with E-state index in [1.807, 2.05) is 24.3 Å². The molecule has 0 heterocycles. The van der Waals surface area contributed by atoms with E-state index in [2.05, 4.69) is 36.4 Å². The SMILES string of the molecule is NC(=O)c1ccccc1COc1ccc(C2CCc3ccccc32)cc1. The van der Waals surface area contributed by atoms with Crippen LogP contribution in [0.1, 0.15) is 45.0 Å². The number of aryl methyl sites for hydroxylation is 1. The zero-order valence-corrected chi connectivity index (χ0v) is 14.5. The molecule has 0 spiro atoms. The Balaban J connectivity index is 1.47. The molecule has 0 saturated carbocycles. The summed E-state index contributed by atoms with van der Waals surface area (Å²) in [6, 6.07) is 24.2. The first-order valence-electron chi connectivity index (χ1n) is 8.90. The second kappa shape index (κ2) is 7.04. The van der Waals surface area contributed by atoms with Crippen LogP contribution in [-0.4, -0.2) is 5.91 Å². The minimum atomic E-state index is -0.431. The highest BCUT2D eigenvalue weighted by molar-refractivity contribution is 5.94. The summed E-state index contributed by atoms with van der Waals surface area (Å²) in [5.41, 5.74) is 10.9. The lowest BCUT2D eigenvalue weighted by atomic mass is 9.93. The van der Waals surface area contributed by atoms with E-state index in [1.54, 1.807) is 12.1 Å². The van der Waals surface area contributed by atoms with Gasteiger partial charge in [0.2, 0.25) is 5.91 Å². The molecular weight excluding hydrogens is 322 g/mol. The normalized spacial score (nSPS) is 15.5. The Morgan fingerprint density at radius 1 is 0.962 bits per heavy atom. The highest BCUT2D eigenvalue weighted by Gasteiger charge is 2.23. The van der Waals surface area contributed by atoms with Crippen LogP contribution in [0.2, 0.25) is 0 Å². The molecule has 2 N–H and O–H groups in total. The van der Waals surface area contributed by atoms with Crippen LogP contribution < -0.4 is 10.5 Å². The summed E-state index contributed by atoms with van der Waals surface area (Å²) in [4.78, 5) is 11.5. The molecule has 0 saturated heterocycles. The zero-order valence-electron chi connectivity index (χ0n) is 14.5. The molecular formula is C23H21NO2. The summed E-state index contributed by atoms with van der Waals surface area (Å²) in [6.45, 7) is 0.324. The molecule has 3 nitrogen and oxygen atoms in total. The van der Waals surface area contributed by atoms with Gasteiger partial charge in [-0.05, 0) is 47.7 Å². The smallest absolute Gasteiger partial charge is 0.249 e. The number of hydrogen-bond acceptors (Lipinski definition) is 2. The lowest BCUT2D eigenvalue weighted by molar-refractivity contribution is 0.0998. The van der Waals surface area contributed by atoms with Crippen molar-refractivity contribution < 1.29 is 9.53 Å². The molecule has 1 aliphatic rings. The number of rotatable bonds is 5. The molecule has 0 aliphatic heterocycles. The maximum absolute atomic E-state index is 11.5. The van der Waals surface area contributed by atoms with Gasteiger partial charge in [-0.2, -0.15) is 0 Å². The number of nitrogens with two attached hydrogens (primary N) is 1. The molecule has 3 heteroatoms. The first-order valence-corrected chi connectivity index (χ1v) is 8.90. The van der Waals surface area contributed by atoms with Crippen LogP contribution in [0.15, 0.2) is 72.8 Å². The Kier molecular flexibility index (Phi) is 4.44. The Hall–Kier alpha value is -3.07. The second-order valence-electron chi connectivity index (χ2n) is 6.67. The fraction of sp³-hybridized carbons (Fsp3) is 0.174. The molecule has 1 atom stereocenters. The molecule has 26 heavy (non-hydrogen) atoms. The third-order valence-corrected chi connectivity index (χ3v) is 5.09. The van der Waals surface area contributed by atoms with Gasteiger partial charge in [-0.1, -0.05) is 54.6 Å². The monoisotopic (exact) mass is 343 g/mol. The first kappa shape index (κ1) is 16.4. The number of benzene rings is 3. The first-order chi connectivity index (χ1) is 12.7. The summed E-state index contributed by atoms with van der Waals surface area (Å²) < 4.78 is 5.86. The van der Waals surface area contributed by atoms with Crippen molar-refractivity contribution in [2.24, 2.45) is 5.73 Å². The molecule has 0 bridgehead atoms.